The molecule has 0 saturated heterocycles. The largest absolute Gasteiger partial charge is 0.348 e. The summed E-state index contributed by atoms with van der Waals surface area (Å²) in [5.74, 6) is -0.957. The third-order valence-corrected chi connectivity index (χ3v) is 7.51. The standard InChI is InChI=1S/C21H23N3O5S3/c1-31(26,27)13-12-18(24-32(28,29)14-11-16-7-3-2-4-8-16)21(25)22-15-20-23-17-9-5-6-10-19(17)30-20/h2-11,14,18,24H,12-13,15H2,1H3,(H,22,25)/b14-11-/t18-/m0/s1. The molecule has 8 nitrogen and oxygen atoms in total. The summed E-state index contributed by atoms with van der Waals surface area (Å²) in [6.45, 7) is 0.106. The molecule has 1 amide bonds. The molecule has 1 atom stereocenters. The van der Waals surface area contributed by atoms with Crippen LogP contribution in [-0.4, -0.2) is 45.8 Å². The van der Waals surface area contributed by atoms with E-state index < -0.39 is 31.8 Å². The van der Waals surface area contributed by atoms with Crippen LogP contribution in [-0.2, 0) is 31.2 Å². The Balaban J connectivity index is 1.70. The number of hydrogen-bond donors (Lipinski definition) is 2. The highest BCUT2D eigenvalue weighted by Crippen LogP contribution is 2.21. The van der Waals surface area contributed by atoms with Gasteiger partial charge in [-0.05, 0) is 30.2 Å². The van der Waals surface area contributed by atoms with Crippen molar-refractivity contribution >= 4 is 53.4 Å². The van der Waals surface area contributed by atoms with E-state index in [-0.39, 0.29) is 18.7 Å². The van der Waals surface area contributed by atoms with E-state index in [1.165, 1.54) is 17.4 Å². The van der Waals surface area contributed by atoms with Crippen LogP contribution in [0.2, 0.25) is 0 Å². The van der Waals surface area contributed by atoms with E-state index in [0.29, 0.717) is 10.6 Å². The number of sulfone groups is 1. The van der Waals surface area contributed by atoms with Gasteiger partial charge in [-0.2, -0.15) is 4.72 Å². The quantitative estimate of drug-likeness (QED) is 0.447. The van der Waals surface area contributed by atoms with E-state index in [1.54, 1.807) is 30.3 Å². The second kappa shape index (κ2) is 10.3. The summed E-state index contributed by atoms with van der Waals surface area (Å²) < 4.78 is 51.4. The van der Waals surface area contributed by atoms with Gasteiger partial charge >= 0.3 is 0 Å². The van der Waals surface area contributed by atoms with Gasteiger partial charge in [0.25, 0.3) is 0 Å². The fourth-order valence-electron chi connectivity index (χ4n) is 2.83. The predicted octanol–water partition coefficient (Wildman–Crippen LogP) is 2.31. The van der Waals surface area contributed by atoms with Crippen LogP contribution in [0, 0.1) is 0 Å². The van der Waals surface area contributed by atoms with Crippen LogP contribution in [0.5, 0.6) is 0 Å². The molecule has 32 heavy (non-hydrogen) atoms. The highest BCUT2D eigenvalue weighted by Gasteiger charge is 2.24. The number of hydrogen-bond acceptors (Lipinski definition) is 7. The minimum atomic E-state index is -3.99. The number of para-hydroxylation sites is 1. The van der Waals surface area contributed by atoms with Gasteiger partial charge in [0.1, 0.15) is 20.9 Å². The van der Waals surface area contributed by atoms with Gasteiger partial charge in [0.2, 0.25) is 15.9 Å². The van der Waals surface area contributed by atoms with Crippen molar-refractivity contribution in [3.63, 3.8) is 0 Å². The van der Waals surface area contributed by atoms with Crippen molar-refractivity contribution in [3.05, 3.63) is 70.6 Å². The molecule has 170 valence electrons. The predicted molar refractivity (Wildman–Crippen MR) is 127 cm³/mol. The first kappa shape index (κ1) is 24.1. The number of fused-ring (bicyclic) bond motifs is 1. The minimum Gasteiger partial charge on any atom is -0.348 e. The molecule has 2 N–H and O–H groups in total. The van der Waals surface area contributed by atoms with Gasteiger partial charge in [-0.3, -0.25) is 4.79 Å². The first-order chi connectivity index (χ1) is 15.1. The molecule has 1 aromatic heterocycles. The number of nitrogens with one attached hydrogen (secondary N) is 2. The highest BCUT2D eigenvalue weighted by atomic mass is 32.2. The van der Waals surface area contributed by atoms with Crippen molar-refractivity contribution in [1.29, 1.82) is 0 Å². The molecule has 3 rings (SSSR count). The van der Waals surface area contributed by atoms with Crippen molar-refractivity contribution in [2.45, 2.75) is 19.0 Å². The molecule has 0 spiro atoms. The monoisotopic (exact) mass is 493 g/mol. The Hall–Kier alpha value is -2.60. The lowest BCUT2D eigenvalue weighted by molar-refractivity contribution is -0.122. The molecule has 2 aromatic carbocycles. The van der Waals surface area contributed by atoms with Crippen molar-refractivity contribution in [1.82, 2.24) is 15.0 Å². The normalized spacial score (nSPS) is 13.4. The molecule has 3 aromatic rings. The van der Waals surface area contributed by atoms with Crippen LogP contribution in [0.4, 0.5) is 0 Å². The molecule has 0 fully saturated rings. The first-order valence-corrected chi connectivity index (χ1v) is 14.1. The number of nitrogens with zero attached hydrogens (tertiary/aromatic N) is 1. The maximum absolute atomic E-state index is 12.7. The van der Waals surface area contributed by atoms with Crippen molar-refractivity contribution < 1.29 is 21.6 Å². The number of carbonyl (C=O) groups excluding carboxylic acids is 1. The molecule has 0 aliphatic rings. The Kier molecular flexibility index (Phi) is 7.77. The van der Waals surface area contributed by atoms with Crippen molar-refractivity contribution in [2.24, 2.45) is 0 Å². The van der Waals surface area contributed by atoms with E-state index >= 15 is 0 Å². The van der Waals surface area contributed by atoms with Crippen LogP contribution in [0.3, 0.4) is 0 Å². The van der Waals surface area contributed by atoms with Gasteiger partial charge in [-0.1, -0.05) is 42.5 Å². The van der Waals surface area contributed by atoms with Crippen LogP contribution < -0.4 is 10.0 Å². The van der Waals surface area contributed by atoms with Gasteiger partial charge < -0.3 is 5.32 Å². The molecular formula is C21H23N3O5S3. The summed E-state index contributed by atoms with van der Waals surface area (Å²) in [6, 6.07) is 15.1. The number of sulfonamides is 1. The number of thiazole rings is 1. The van der Waals surface area contributed by atoms with E-state index in [0.717, 1.165) is 21.9 Å². The number of amides is 1. The third-order valence-electron chi connectivity index (χ3n) is 4.39. The fraction of sp³-hybridized carbons (Fsp3) is 0.238. The Morgan fingerprint density at radius 1 is 1.06 bits per heavy atom. The molecule has 0 aliphatic heterocycles. The lowest BCUT2D eigenvalue weighted by atomic mass is 10.2. The number of aromatic nitrogens is 1. The zero-order valence-electron chi connectivity index (χ0n) is 17.3. The summed E-state index contributed by atoms with van der Waals surface area (Å²) >= 11 is 1.42. The Morgan fingerprint density at radius 3 is 2.44 bits per heavy atom. The smallest absolute Gasteiger partial charge is 0.238 e. The zero-order valence-corrected chi connectivity index (χ0v) is 19.7. The Bertz CT molecular complexity index is 1280. The second-order valence-electron chi connectivity index (χ2n) is 7.14. The van der Waals surface area contributed by atoms with Crippen LogP contribution in [0.1, 0.15) is 17.0 Å². The summed E-state index contributed by atoms with van der Waals surface area (Å²) in [6.07, 6.45) is 2.24. The maximum atomic E-state index is 12.7. The second-order valence-corrected chi connectivity index (χ2v) is 12.1. The van der Waals surface area contributed by atoms with Crippen LogP contribution in [0.15, 0.2) is 60.0 Å². The molecule has 0 bridgehead atoms. The lowest BCUT2D eigenvalue weighted by Crippen LogP contribution is -2.46. The van der Waals surface area contributed by atoms with E-state index in [1.807, 2.05) is 24.3 Å². The summed E-state index contributed by atoms with van der Waals surface area (Å²) in [5, 5.41) is 4.27. The minimum absolute atomic E-state index is 0.106. The zero-order chi connectivity index (χ0) is 23.2. The first-order valence-electron chi connectivity index (χ1n) is 9.67. The fourth-order valence-corrected chi connectivity index (χ4v) is 5.43. The molecule has 0 saturated carbocycles. The van der Waals surface area contributed by atoms with Crippen molar-refractivity contribution in [3.8, 4) is 0 Å². The molecule has 11 heteroatoms. The molecule has 1 heterocycles. The van der Waals surface area contributed by atoms with Crippen molar-refractivity contribution in [2.75, 3.05) is 12.0 Å². The summed E-state index contributed by atoms with van der Waals surface area (Å²) in [5.41, 5.74) is 1.48. The third kappa shape index (κ3) is 7.52. The van der Waals surface area contributed by atoms with Gasteiger partial charge in [0.15, 0.2) is 0 Å². The average molecular weight is 494 g/mol. The number of benzene rings is 2. The SMILES string of the molecule is CS(=O)(=O)CC[C@H](NS(=O)(=O)/C=C\c1ccccc1)C(=O)NCc1nc2ccccc2s1. The van der Waals surface area contributed by atoms with E-state index in [2.05, 4.69) is 15.0 Å². The average Bonchev–Trinajstić information content (AvgIpc) is 3.17. The van der Waals surface area contributed by atoms with Gasteiger partial charge in [-0.25, -0.2) is 21.8 Å². The van der Waals surface area contributed by atoms with Gasteiger partial charge in [-0.15, -0.1) is 11.3 Å². The molecule has 0 unspecified atom stereocenters. The summed E-state index contributed by atoms with van der Waals surface area (Å²) in [4.78, 5) is 17.1. The molecule has 0 aliphatic carbocycles. The number of carbonyl (C=O) groups is 1. The topological polar surface area (TPSA) is 122 Å². The Labute approximate surface area is 191 Å². The van der Waals surface area contributed by atoms with Crippen LogP contribution >= 0.6 is 11.3 Å². The Morgan fingerprint density at radius 2 is 1.75 bits per heavy atom. The molecular weight excluding hydrogens is 470 g/mol. The van der Waals surface area contributed by atoms with Crippen LogP contribution in [0.25, 0.3) is 16.3 Å². The van der Waals surface area contributed by atoms with E-state index in [9.17, 15) is 21.6 Å². The maximum Gasteiger partial charge on any atom is 0.238 e. The van der Waals surface area contributed by atoms with Gasteiger partial charge in [0, 0.05) is 11.7 Å². The van der Waals surface area contributed by atoms with E-state index in [4.69, 9.17) is 0 Å². The lowest BCUT2D eigenvalue weighted by Gasteiger charge is -2.16. The summed E-state index contributed by atoms with van der Waals surface area (Å²) in [7, 11) is -7.39. The number of rotatable bonds is 10. The van der Waals surface area contributed by atoms with Gasteiger partial charge in [0.05, 0.1) is 22.5 Å². The highest BCUT2D eigenvalue weighted by molar-refractivity contribution is 7.92. The molecule has 0 radical (unpaired) electrons.